The van der Waals surface area contributed by atoms with E-state index in [1.165, 1.54) is 31.0 Å². The van der Waals surface area contributed by atoms with E-state index in [0.717, 1.165) is 18.7 Å². The maximum atomic E-state index is 13.8. The van der Waals surface area contributed by atoms with Crippen molar-refractivity contribution in [2.24, 2.45) is 0 Å². The Morgan fingerprint density at radius 2 is 1.85 bits per heavy atom. The number of carbonyl (C=O) groups is 1. The first-order chi connectivity index (χ1) is 12.5. The van der Waals surface area contributed by atoms with Gasteiger partial charge in [-0.25, -0.2) is 4.39 Å². The third-order valence-corrected chi connectivity index (χ3v) is 5.09. The summed E-state index contributed by atoms with van der Waals surface area (Å²) in [5.41, 5.74) is 2.62. The van der Waals surface area contributed by atoms with E-state index >= 15 is 0 Å². The zero-order chi connectivity index (χ0) is 18.5. The van der Waals surface area contributed by atoms with Gasteiger partial charge in [0.25, 0.3) is 0 Å². The predicted octanol–water partition coefficient (Wildman–Crippen LogP) is 4.89. The molecule has 0 aromatic heterocycles. The molecule has 1 N–H and O–H groups in total. The Morgan fingerprint density at radius 3 is 2.50 bits per heavy atom. The molecule has 1 atom stereocenters. The predicted molar refractivity (Wildman–Crippen MR) is 104 cm³/mol. The highest BCUT2D eigenvalue weighted by atomic mass is 35.5. The highest BCUT2D eigenvalue weighted by molar-refractivity contribution is 6.30. The summed E-state index contributed by atoms with van der Waals surface area (Å²) in [6.07, 6.45) is 3.80. The second-order valence-electron chi connectivity index (χ2n) is 6.84. The number of hydrogen-bond donors (Lipinski definition) is 1. The van der Waals surface area contributed by atoms with Gasteiger partial charge in [-0.2, -0.15) is 0 Å². The monoisotopic (exact) mass is 374 g/mol. The van der Waals surface area contributed by atoms with Crippen LogP contribution in [0.15, 0.2) is 42.5 Å². The van der Waals surface area contributed by atoms with Gasteiger partial charge < -0.3 is 10.2 Å². The minimum Gasteiger partial charge on any atom is -0.372 e. The van der Waals surface area contributed by atoms with Crippen molar-refractivity contribution in [1.29, 1.82) is 0 Å². The second-order valence-corrected chi connectivity index (χ2v) is 7.28. The number of nitrogens with one attached hydrogen (secondary N) is 1. The summed E-state index contributed by atoms with van der Waals surface area (Å²) in [6.45, 7) is 4.16. The van der Waals surface area contributed by atoms with Gasteiger partial charge in [0.1, 0.15) is 5.82 Å². The number of carbonyl (C=O) groups excluding carboxylic acids is 1. The highest BCUT2D eigenvalue weighted by Gasteiger charge is 2.14. The van der Waals surface area contributed by atoms with Gasteiger partial charge in [0.2, 0.25) is 5.91 Å². The van der Waals surface area contributed by atoms with Crippen LogP contribution in [0, 0.1) is 5.82 Å². The Hall–Kier alpha value is -2.07. The Labute approximate surface area is 159 Å². The van der Waals surface area contributed by atoms with Crippen molar-refractivity contribution in [1.82, 2.24) is 5.32 Å². The maximum absolute atomic E-state index is 13.8. The van der Waals surface area contributed by atoms with Crippen molar-refractivity contribution in [3.63, 3.8) is 0 Å². The van der Waals surface area contributed by atoms with Crippen LogP contribution in [0.5, 0.6) is 0 Å². The fourth-order valence-corrected chi connectivity index (χ4v) is 3.50. The standard InChI is InChI=1S/C21H24ClFN2O/c1-15(24-21(26)13-17-5-8-18(22)14-20(17)23)16-6-9-19(10-7-16)25-11-3-2-4-12-25/h5-10,14-15H,2-4,11-13H2,1H3,(H,24,26)/t15-/m1/s1. The van der Waals surface area contributed by atoms with Gasteiger partial charge in [-0.15, -0.1) is 0 Å². The minimum atomic E-state index is -0.453. The van der Waals surface area contributed by atoms with Crippen molar-refractivity contribution in [2.45, 2.75) is 38.6 Å². The number of halogens is 2. The van der Waals surface area contributed by atoms with Crippen LogP contribution in [-0.2, 0) is 11.2 Å². The van der Waals surface area contributed by atoms with Crippen LogP contribution >= 0.6 is 11.6 Å². The van der Waals surface area contributed by atoms with Gasteiger partial charge in [-0.1, -0.05) is 29.8 Å². The molecule has 0 radical (unpaired) electrons. The Kier molecular flexibility index (Phi) is 6.15. The first kappa shape index (κ1) is 18.7. The summed E-state index contributed by atoms with van der Waals surface area (Å²) in [5, 5.41) is 3.26. The lowest BCUT2D eigenvalue weighted by Crippen LogP contribution is -2.30. The molecule has 0 bridgehead atoms. The summed E-state index contributed by atoms with van der Waals surface area (Å²) in [7, 11) is 0. The normalized spacial score (nSPS) is 15.6. The molecule has 1 aliphatic rings. The number of piperidine rings is 1. The molecule has 5 heteroatoms. The molecule has 3 nitrogen and oxygen atoms in total. The first-order valence-electron chi connectivity index (χ1n) is 9.11. The molecule has 0 aliphatic carbocycles. The number of hydrogen-bond acceptors (Lipinski definition) is 2. The van der Waals surface area contributed by atoms with E-state index in [9.17, 15) is 9.18 Å². The molecule has 0 spiro atoms. The fourth-order valence-electron chi connectivity index (χ4n) is 3.34. The van der Waals surface area contributed by atoms with Crippen LogP contribution in [0.4, 0.5) is 10.1 Å². The minimum absolute atomic E-state index is 0.000790. The van der Waals surface area contributed by atoms with E-state index in [1.807, 2.05) is 6.92 Å². The topological polar surface area (TPSA) is 32.3 Å². The number of anilines is 1. The molecule has 1 aliphatic heterocycles. The van der Waals surface area contributed by atoms with Crippen LogP contribution in [0.3, 0.4) is 0 Å². The zero-order valence-electron chi connectivity index (χ0n) is 15.0. The number of rotatable bonds is 5. The average Bonchev–Trinajstić information content (AvgIpc) is 2.65. The quantitative estimate of drug-likeness (QED) is 0.808. The van der Waals surface area contributed by atoms with E-state index in [2.05, 4.69) is 34.5 Å². The molecule has 1 heterocycles. The van der Waals surface area contributed by atoms with Gasteiger partial charge in [0.15, 0.2) is 0 Å². The number of amides is 1. The number of benzene rings is 2. The highest BCUT2D eigenvalue weighted by Crippen LogP contribution is 2.22. The molecule has 2 aromatic carbocycles. The number of nitrogens with zero attached hydrogens (tertiary/aromatic N) is 1. The van der Waals surface area contributed by atoms with Crippen LogP contribution in [0.1, 0.15) is 43.4 Å². The summed E-state index contributed by atoms with van der Waals surface area (Å²) < 4.78 is 13.8. The molecule has 1 fully saturated rings. The molecular formula is C21H24ClFN2O. The molecule has 138 valence electrons. The van der Waals surface area contributed by atoms with Crippen molar-refractivity contribution in [2.75, 3.05) is 18.0 Å². The van der Waals surface area contributed by atoms with Gasteiger partial charge in [-0.05, 0) is 61.6 Å². The molecule has 1 amide bonds. The Bertz CT molecular complexity index is 757. The molecule has 2 aromatic rings. The largest absolute Gasteiger partial charge is 0.372 e. The lowest BCUT2D eigenvalue weighted by Gasteiger charge is -2.29. The second kappa shape index (κ2) is 8.54. The molecular weight excluding hydrogens is 351 g/mol. The molecule has 1 saturated heterocycles. The van der Waals surface area contributed by atoms with E-state index in [4.69, 9.17) is 11.6 Å². The van der Waals surface area contributed by atoms with Crippen molar-refractivity contribution >= 4 is 23.2 Å². The van der Waals surface area contributed by atoms with Crippen molar-refractivity contribution in [3.8, 4) is 0 Å². The van der Waals surface area contributed by atoms with E-state index < -0.39 is 5.82 Å². The van der Waals surface area contributed by atoms with Crippen LogP contribution in [0.2, 0.25) is 5.02 Å². The lowest BCUT2D eigenvalue weighted by molar-refractivity contribution is -0.121. The Balaban J connectivity index is 1.58. The maximum Gasteiger partial charge on any atom is 0.225 e. The van der Waals surface area contributed by atoms with Crippen LogP contribution in [0.25, 0.3) is 0 Å². The van der Waals surface area contributed by atoms with Gasteiger partial charge in [0, 0.05) is 23.8 Å². The van der Waals surface area contributed by atoms with Gasteiger partial charge in [-0.3, -0.25) is 4.79 Å². The fraction of sp³-hybridized carbons (Fsp3) is 0.381. The SMILES string of the molecule is C[C@@H](NC(=O)Cc1ccc(Cl)cc1F)c1ccc(N2CCCCC2)cc1. The third kappa shape index (κ3) is 4.76. The molecule has 3 rings (SSSR count). The van der Waals surface area contributed by atoms with Gasteiger partial charge in [0.05, 0.1) is 12.5 Å². The van der Waals surface area contributed by atoms with Crippen molar-refractivity contribution in [3.05, 3.63) is 64.4 Å². The molecule has 0 saturated carbocycles. The summed E-state index contributed by atoms with van der Waals surface area (Å²) >= 11 is 5.74. The van der Waals surface area contributed by atoms with Crippen molar-refractivity contribution < 1.29 is 9.18 Å². The van der Waals surface area contributed by atoms with E-state index in [0.29, 0.717) is 10.6 Å². The summed E-state index contributed by atoms with van der Waals surface area (Å²) in [5.74, 6) is -0.662. The van der Waals surface area contributed by atoms with Crippen LogP contribution < -0.4 is 10.2 Å². The van der Waals surface area contributed by atoms with Crippen LogP contribution in [-0.4, -0.2) is 19.0 Å². The molecule has 26 heavy (non-hydrogen) atoms. The van der Waals surface area contributed by atoms with E-state index in [-0.39, 0.29) is 18.4 Å². The summed E-state index contributed by atoms with van der Waals surface area (Å²) in [4.78, 5) is 14.6. The zero-order valence-corrected chi connectivity index (χ0v) is 15.7. The third-order valence-electron chi connectivity index (χ3n) is 4.86. The summed E-state index contributed by atoms with van der Waals surface area (Å²) in [6, 6.07) is 12.6. The average molecular weight is 375 g/mol. The smallest absolute Gasteiger partial charge is 0.225 e. The Morgan fingerprint density at radius 1 is 1.15 bits per heavy atom. The lowest BCUT2D eigenvalue weighted by atomic mass is 10.1. The van der Waals surface area contributed by atoms with Gasteiger partial charge >= 0.3 is 0 Å². The van der Waals surface area contributed by atoms with E-state index in [1.54, 1.807) is 12.1 Å². The molecule has 0 unspecified atom stereocenters. The first-order valence-corrected chi connectivity index (χ1v) is 9.49.